The molecule has 106 valence electrons. The van der Waals surface area contributed by atoms with Gasteiger partial charge in [0, 0.05) is 16.6 Å². The molecule has 0 heterocycles. The first-order valence-corrected chi connectivity index (χ1v) is 6.70. The summed E-state index contributed by atoms with van der Waals surface area (Å²) in [4.78, 5) is 11.7. The number of nitrogens with two attached hydrogens (primary N) is 1. The minimum Gasteiger partial charge on any atom is -0.444 e. The van der Waals surface area contributed by atoms with Crippen molar-refractivity contribution >= 4 is 27.7 Å². The summed E-state index contributed by atoms with van der Waals surface area (Å²) in [6.45, 7) is 5.42. The molecular formula is C13H19BrN2O3. The number of carbonyl (C=O) groups excluding carboxylic acids is 1. The molecule has 0 aliphatic carbocycles. The van der Waals surface area contributed by atoms with E-state index in [1.54, 1.807) is 39.0 Å². The van der Waals surface area contributed by atoms with E-state index < -0.39 is 17.8 Å². The lowest BCUT2D eigenvalue weighted by molar-refractivity contribution is 0.0635. The fourth-order valence-corrected chi connectivity index (χ4v) is 1.83. The van der Waals surface area contributed by atoms with Gasteiger partial charge in [-0.2, -0.15) is 0 Å². The van der Waals surface area contributed by atoms with E-state index in [9.17, 15) is 9.90 Å². The Morgan fingerprint density at radius 2 is 2.16 bits per heavy atom. The average molecular weight is 331 g/mol. The van der Waals surface area contributed by atoms with E-state index in [0.29, 0.717) is 11.3 Å². The molecule has 0 saturated heterocycles. The van der Waals surface area contributed by atoms with E-state index in [-0.39, 0.29) is 6.54 Å². The number of rotatable bonds is 3. The minimum absolute atomic E-state index is 0.0740. The van der Waals surface area contributed by atoms with Crippen molar-refractivity contribution in [1.29, 1.82) is 0 Å². The summed E-state index contributed by atoms with van der Waals surface area (Å²) in [7, 11) is 0. The maximum absolute atomic E-state index is 11.7. The Kier molecular flexibility index (Phi) is 5.34. The number of hydrogen-bond donors (Lipinski definition) is 3. The van der Waals surface area contributed by atoms with Crippen molar-refractivity contribution in [3.63, 3.8) is 0 Å². The molecule has 4 N–H and O–H groups in total. The zero-order chi connectivity index (χ0) is 14.6. The second-order valence-electron chi connectivity index (χ2n) is 5.11. The standard InChI is InChI=1S/C13H19BrN2O3/c1-13(2,3)19-12(18)16-10-6-8(14)4-5-9(10)11(17)7-15/h4-6,11,17H,7,15H2,1-3H3,(H,16,18). The van der Waals surface area contributed by atoms with Crippen LogP contribution in [0.25, 0.3) is 0 Å². The zero-order valence-electron chi connectivity index (χ0n) is 11.2. The van der Waals surface area contributed by atoms with Crippen LogP contribution in [-0.4, -0.2) is 23.3 Å². The summed E-state index contributed by atoms with van der Waals surface area (Å²) in [5, 5.41) is 12.4. The van der Waals surface area contributed by atoms with Gasteiger partial charge in [-0.15, -0.1) is 0 Å². The molecule has 1 aromatic rings. The van der Waals surface area contributed by atoms with Crippen LogP contribution in [-0.2, 0) is 4.74 Å². The number of benzene rings is 1. The molecule has 6 heteroatoms. The number of aliphatic hydroxyl groups is 1. The number of hydrogen-bond acceptors (Lipinski definition) is 4. The molecule has 1 amide bonds. The van der Waals surface area contributed by atoms with Gasteiger partial charge in [0.25, 0.3) is 0 Å². The van der Waals surface area contributed by atoms with Crippen molar-refractivity contribution in [2.45, 2.75) is 32.5 Å². The first-order valence-electron chi connectivity index (χ1n) is 5.90. The highest BCUT2D eigenvalue weighted by Crippen LogP contribution is 2.26. The SMILES string of the molecule is CC(C)(C)OC(=O)Nc1cc(Br)ccc1C(O)CN. The highest BCUT2D eigenvalue weighted by molar-refractivity contribution is 9.10. The Hall–Kier alpha value is -1.11. The number of carbonyl (C=O) groups is 1. The smallest absolute Gasteiger partial charge is 0.412 e. The number of ether oxygens (including phenoxy) is 1. The predicted octanol–water partition coefficient (Wildman–Crippen LogP) is 2.79. The van der Waals surface area contributed by atoms with Crippen LogP contribution in [0.1, 0.15) is 32.4 Å². The van der Waals surface area contributed by atoms with Crippen LogP contribution in [0.2, 0.25) is 0 Å². The molecule has 5 nitrogen and oxygen atoms in total. The first-order chi connectivity index (χ1) is 8.73. The maximum atomic E-state index is 11.7. The minimum atomic E-state index is -0.835. The van der Waals surface area contributed by atoms with E-state index in [1.807, 2.05) is 0 Å². The molecule has 1 rings (SSSR count). The Labute approximate surface area is 121 Å². The van der Waals surface area contributed by atoms with Crippen molar-refractivity contribution in [3.05, 3.63) is 28.2 Å². The van der Waals surface area contributed by atoms with Crippen molar-refractivity contribution in [2.75, 3.05) is 11.9 Å². The monoisotopic (exact) mass is 330 g/mol. The molecule has 19 heavy (non-hydrogen) atoms. The zero-order valence-corrected chi connectivity index (χ0v) is 12.8. The summed E-state index contributed by atoms with van der Waals surface area (Å²) in [6.07, 6.45) is -1.41. The predicted molar refractivity (Wildman–Crippen MR) is 78.0 cm³/mol. The molecule has 0 spiro atoms. The van der Waals surface area contributed by atoms with Crippen LogP contribution in [0.15, 0.2) is 22.7 Å². The van der Waals surface area contributed by atoms with Crippen molar-refractivity contribution in [3.8, 4) is 0 Å². The summed E-state index contributed by atoms with van der Waals surface area (Å²) in [5.74, 6) is 0. The normalized spacial score (nSPS) is 12.9. The summed E-state index contributed by atoms with van der Waals surface area (Å²) < 4.78 is 5.96. The quantitative estimate of drug-likeness (QED) is 0.795. The summed E-state index contributed by atoms with van der Waals surface area (Å²) in [6, 6.07) is 5.17. The van der Waals surface area contributed by atoms with Gasteiger partial charge in [0.15, 0.2) is 0 Å². The molecule has 0 saturated carbocycles. The Morgan fingerprint density at radius 3 is 2.68 bits per heavy atom. The lowest BCUT2D eigenvalue weighted by Gasteiger charge is -2.21. The molecule has 0 radical (unpaired) electrons. The molecule has 0 aromatic heterocycles. The third-order valence-corrected chi connectivity index (χ3v) is 2.73. The van der Waals surface area contributed by atoms with Gasteiger partial charge in [0.1, 0.15) is 5.60 Å². The second kappa shape index (κ2) is 6.36. The number of aliphatic hydroxyl groups excluding tert-OH is 1. The number of amides is 1. The summed E-state index contributed by atoms with van der Waals surface area (Å²) >= 11 is 3.31. The van der Waals surface area contributed by atoms with Gasteiger partial charge >= 0.3 is 6.09 Å². The van der Waals surface area contributed by atoms with E-state index in [4.69, 9.17) is 10.5 Å². The van der Waals surface area contributed by atoms with Gasteiger partial charge in [-0.3, -0.25) is 5.32 Å². The van der Waals surface area contributed by atoms with Crippen LogP contribution in [0.4, 0.5) is 10.5 Å². The summed E-state index contributed by atoms with van der Waals surface area (Å²) in [5.41, 5.74) is 5.88. The topological polar surface area (TPSA) is 84.6 Å². The van der Waals surface area contributed by atoms with E-state index in [1.165, 1.54) is 0 Å². The van der Waals surface area contributed by atoms with Gasteiger partial charge < -0.3 is 15.6 Å². The number of nitrogens with one attached hydrogen (secondary N) is 1. The van der Waals surface area contributed by atoms with Crippen LogP contribution >= 0.6 is 15.9 Å². The maximum Gasteiger partial charge on any atom is 0.412 e. The molecule has 1 atom stereocenters. The Morgan fingerprint density at radius 1 is 1.53 bits per heavy atom. The van der Waals surface area contributed by atoms with Crippen LogP contribution in [0.3, 0.4) is 0 Å². The molecule has 1 unspecified atom stereocenters. The van der Waals surface area contributed by atoms with E-state index in [0.717, 1.165) is 4.47 Å². The number of anilines is 1. The first kappa shape index (κ1) is 15.9. The van der Waals surface area contributed by atoms with Gasteiger partial charge in [0.05, 0.1) is 11.8 Å². The molecule has 0 fully saturated rings. The van der Waals surface area contributed by atoms with Crippen molar-refractivity contribution in [2.24, 2.45) is 5.73 Å². The van der Waals surface area contributed by atoms with Gasteiger partial charge in [-0.05, 0) is 32.9 Å². The third-order valence-electron chi connectivity index (χ3n) is 2.23. The third kappa shape index (κ3) is 5.18. The van der Waals surface area contributed by atoms with Crippen LogP contribution in [0.5, 0.6) is 0 Å². The second-order valence-corrected chi connectivity index (χ2v) is 6.03. The van der Waals surface area contributed by atoms with Crippen LogP contribution < -0.4 is 11.1 Å². The van der Waals surface area contributed by atoms with Gasteiger partial charge in [-0.25, -0.2) is 4.79 Å². The average Bonchev–Trinajstić information content (AvgIpc) is 2.25. The highest BCUT2D eigenvalue weighted by atomic mass is 79.9. The molecule has 0 bridgehead atoms. The van der Waals surface area contributed by atoms with Crippen molar-refractivity contribution < 1.29 is 14.6 Å². The molecule has 0 aliphatic rings. The number of halogens is 1. The van der Waals surface area contributed by atoms with Gasteiger partial charge in [0.2, 0.25) is 0 Å². The molecule has 1 aromatic carbocycles. The van der Waals surface area contributed by atoms with Crippen LogP contribution in [0, 0.1) is 0 Å². The van der Waals surface area contributed by atoms with E-state index >= 15 is 0 Å². The fourth-order valence-electron chi connectivity index (χ4n) is 1.47. The van der Waals surface area contributed by atoms with Gasteiger partial charge in [-0.1, -0.05) is 22.0 Å². The Bertz CT molecular complexity index is 458. The lowest BCUT2D eigenvalue weighted by Crippen LogP contribution is -2.28. The fraction of sp³-hybridized carbons (Fsp3) is 0.462. The molecular weight excluding hydrogens is 312 g/mol. The highest BCUT2D eigenvalue weighted by Gasteiger charge is 2.19. The van der Waals surface area contributed by atoms with E-state index in [2.05, 4.69) is 21.2 Å². The lowest BCUT2D eigenvalue weighted by atomic mass is 10.1. The largest absolute Gasteiger partial charge is 0.444 e. The van der Waals surface area contributed by atoms with Crippen molar-refractivity contribution in [1.82, 2.24) is 0 Å². The Balaban J connectivity index is 2.93. The molecule has 0 aliphatic heterocycles.